The number of esters is 2. The fourth-order valence-corrected chi connectivity index (χ4v) is 2.11. The van der Waals surface area contributed by atoms with Crippen molar-refractivity contribution in [3.8, 4) is 0 Å². The summed E-state index contributed by atoms with van der Waals surface area (Å²) in [5.74, 6) is -1.09. The maximum absolute atomic E-state index is 11.4. The van der Waals surface area contributed by atoms with Crippen LogP contribution in [0, 0.1) is 0 Å². The SMILES string of the molecule is CCCc1cc2ccc(CC(=O)OC(C)=O)cc2[nH]1. The summed E-state index contributed by atoms with van der Waals surface area (Å²) in [5, 5.41) is 1.13. The van der Waals surface area contributed by atoms with E-state index in [4.69, 9.17) is 0 Å². The molecule has 0 unspecified atom stereocenters. The van der Waals surface area contributed by atoms with Crippen molar-refractivity contribution >= 4 is 22.8 Å². The molecule has 2 rings (SSSR count). The van der Waals surface area contributed by atoms with Gasteiger partial charge in [-0.1, -0.05) is 25.5 Å². The lowest BCUT2D eigenvalue weighted by molar-refractivity contribution is -0.157. The molecule has 0 aliphatic rings. The van der Waals surface area contributed by atoms with Crippen LogP contribution in [0.5, 0.6) is 0 Å². The van der Waals surface area contributed by atoms with Crippen LogP contribution < -0.4 is 0 Å². The fourth-order valence-electron chi connectivity index (χ4n) is 2.11. The Labute approximate surface area is 111 Å². The zero-order valence-electron chi connectivity index (χ0n) is 11.2. The second-order valence-corrected chi connectivity index (χ2v) is 4.61. The number of hydrogen-bond acceptors (Lipinski definition) is 3. The smallest absolute Gasteiger partial charge is 0.317 e. The third-order valence-electron chi connectivity index (χ3n) is 2.87. The van der Waals surface area contributed by atoms with Crippen LogP contribution >= 0.6 is 0 Å². The minimum atomic E-state index is -0.573. The summed E-state index contributed by atoms with van der Waals surface area (Å²) >= 11 is 0. The maximum Gasteiger partial charge on any atom is 0.317 e. The van der Waals surface area contributed by atoms with E-state index in [0.717, 1.165) is 29.3 Å². The molecular formula is C15H17NO3. The van der Waals surface area contributed by atoms with Crippen molar-refractivity contribution in [1.82, 2.24) is 4.98 Å². The molecule has 0 saturated carbocycles. The predicted molar refractivity (Wildman–Crippen MR) is 72.8 cm³/mol. The van der Waals surface area contributed by atoms with Crippen LogP contribution in [0.2, 0.25) is 0 Å². The Hall–Kier alpha value is -2.10. The van der Waals surface area contributed by atoms with Gasteiger partial charge in [-0.25, -0.2) is 0 Å². The summed E-state index contributed by atoms with van der Waals surface area (Å²) in [7, 11) is 0. The van der Waals surface area contributed by atoms with Gasteiger partial charge in [0.25, 0.3) is 0 Å². The molecule has 0 atom stereocenters. The van der Waals surface area contributed by atoms with E-state index in [2.05, 4.69) is 22.7 Å². The second kappa shape index (κ2) is 5.69. The molecule has 0 amide bonds. The maximum atomic E-state index is 11.4. The number of H-pyrrole nitrogens is 1. The summed E-state index contributed by atoms with van der Waals surface area (Å²) in [5.41, 5.74) is 3.04. The lowest BCUT2D eigenvalue weighted by Crippen LogP contribution is -2.11. The van der Waals surface area contributed by atoms with Gasteiger partial charge in [0.2, 0.25) is 0 Å². The Morgan fingerprint density at radius 3 is 2.74 bits per heavy atom. The van der Waals surface area contributed by atoms with Crippen molar-refractivity contribution in [2.24, 2.45) is 0 Å². The largest absolute Gasteiger partial charge is 0.393 e. The molecule has 4 nitrogen and oxygen atoms in total. The summed E-state index contributed by atoms with van der Waals surface area (Å²) in [6.07, 6.45) is 2.21. The molecule has 0 fully saturated rings. The first kappa shape index (κ1) is 13.3. The minimum Gasteiger partial charge on any atom is -0.393 e. The van der Waals surface area contributed by atoms with Gasteiger partial charge < -0.3 is 9.72 Å². The fraction of sp³-hybridized carbons (Fsp3) is 0.333. The van der Waals surface area contributed by atoms with E-state index < -0.39 is 11.9 Å². The number of nitrogens with one attached hydrogen (secondary N) is 1. The zero-order chi connectivity index (χ0) is 13.8. The summed E-state index contributed by atoms with van der Waals surface area (Å²) in [4.78, 5) is 25.4. The molecule has 2 aromatic rings. The van der Waals surface area contributed by atoms with E-state index in [-0.39, 0.29) is 6.42 Å². The number of benzene rings is 1. The first-order valence-electron chi connectivity index (χ1n) is 6.40. The summed E-state index contributed by atoms with van der Waals surface area (Å²) in [6.45, 7) is 3.36. The van der Waals surface area contributed by atoms with Crippen molar-refractivity contribution in [2.75, 3.05) is 0 Å². The van der Waals surface area contributed by atoms with Crippen LogP contribution in [0.4, 0.5) is 0 Å². The molecule has 1 aromatic carbocycles. The quantitative estimate of drug-likeness (QED) is 0.678. The third-order valence-corrected chi connectivity index (χ3v) is 2.87. The Kier molecular flexibility index (Phi) is 4.00. The van der Waals surface area contributed by atoms with Crippen molar-refractivity contribution < 1.29 is 14.3 Å². The molecule has 0 radical (unpaired) electrons. The van der Waals surface area contributed by atoms with E-state index in [1.54, 1.807) is 0 Å². The topological polar surface area (TPSA) is 59.2 Å². The normalized spacial score (nSPS) is 10.6. The van der Waals surface area contributed by atoms with Crippen molar-refractivity contribution in [1.29, 1.82) is 0 Å². The first-order valence-corrected chi connectivity index (χ1v) is 6.40. The van der Waals surface area contributed by atoms with Crippen LogP contribution in [0.1, 0.15) is 31.5 Å². The zero-order valence-corrected chi connectivity index (χ0v) is 11.2. The van der Waals surface area contributed by atoms with Gasteiger partial charge in [-0.05, 0) is 29.5 Å². The molecule has 19 heavy (non-hydrogen) atoms. The van der Waals surface area contributed by atoms with Gasteiger partial charge in [0.1, 0.15) is 0 Å². The number of aromatic nitrogens is 1. The third kappa shape index (κ3) is 3.44. The van der Waals surface area contributed by atoms with Crippen molar-refractivity contribution in [3.63, 3.8) is 0 Å². The first-order chi connectivity index (χ1) is 9.08. The molecule has 0 aliphatic carbocycles. The average Bonchev–Trinajstić information content (AvgIpc) is 2.69. The highest BCUT2D eigenvalue weighted by Gasteiger charge is 2.09. The van der Waals surface area contributed by atoms with Gasteiger partial charge in [-0.15, -0.1) is 0 Å². The van der Waals surface area contributed by atoms with Crippen LogP contribution in [0.3, 0.4) is 0 Å². The van der Waals surface area contributed by atoms with Gasteiger partial charge in [0.05, 0.1) is 6.42 Å². The lowest BCUT2D eigenvalue weighted by atomic mass is 10.1. The molecule has 0 aliphatic heterocycles. The summed E-state index contributed by atoms with van der Waals surface area (Å²) in [6, 6.07) is 7.90. The number of hydrogen-bond donors (Lipinski definition) is 1. The molecule has 1 aromatic heterocycles. The second-order valence-electron chi connectivity index (χ2n) is 4.61. The van der Waals surface area contributed by atoms with E-state index in [0.29, 0.717) is 0 Å². The van der Waals surface area contributed by atoms with Crippen LogP contribution in [0.25, 0.3) is 10.9 Å². The molecule has 1 heterocycles. The van der Waals surface area contributed by atoms with Crippen LogP contribution in [-0.2, 0) is 27.2 Å². The number of carbonyl (C=O) groups is 2. The van der Waals surface area contributed by atoms with Crippen molar-refractivity contribution in [2.45, 2.75) is 33.1 Å². The van der Waals surface area contributed by atoms with E-state index in [9.17, 15) is 9.59 Å². The molecule has 1 N–H and O–H groups in total. The summed E-state index contributed by atoms with van der Waals surface area (Å²) < 4.78 is 4.52. The average molecular weight is 259 g/mol. The van der Waals surface area contributed by atoms with Gasteiger partial charge in [-0.3, -0.25) is 9.59 Å². The number of carbonyl (C=O) groups excluding carboxylic acids is 2. The molecule has 100 valence electrons. The molecule has 0 saturated heterocycles. The lowest BCUT2D eigenvalue weighted by Gasteiger charge is -2.01. The number of fused-ring (bicyclic) bond motifs is 1. The Balaban J connectivity index is 2.16. The van der Waals surface area contributed by atoms with Gasteiger partial charge in [0.15, 0.2) is 0 Å². The Bertz CT molecular complexity index is 613. The standard InChI is InChI=1S/C15H17NO3/c1-3-4-13-9-12-6-5-11(7-14(12)16-13)8-15(18)19-10(2)17/h5-7,9,16H,3-4,8H2,1-2H3. The van der Waals surface area contributed by atoms with Gasteiger partial charge in [-0.2, -0.15) is 0 Å². The minimum absolute atomic E-state index is 0.109. The van der Waals surface area contributed by atoms with E-state index >= 15 is 0 Å². The molecular weight excluding hydrogens is 242 g/mol. The number of aryl methyl sites for hydroxylation is 1. The molecule has 0 bridgehead atoms. The number of aromatic amines is 1. The number of ether oxygens (including phenoxy) is 1. The predicted octanol–water partition coefficient (Wildman–Crippen LogP) is 2.75. The van der Waals surface area contributed by atoms with Crippen LogP contribution in [0.15, 0.2) is 24.3 Å². The monoisotopic (exact) mass is 259 g/mol. The van der Waals surface area contributed by atoms with Gasteiger partial charge >= 0.3 is 11.9 Å². The van der Waals surface area contributed by atoms with E-state index in [1.165, 1.54) is 12.6 Å². The highest BCUT2D eigenvalue weighted by Crippen LogP contribution is 2.18. The highest BCUT2D eigenvalue weighted by atomic mass is 16.6. The Morgan fingerprint density at radius 2 is 2.05 bits per heavy atom. The highest BCUT2D eigenvalue weighted by molar-refractivity contribution is 5.87. The van der Waals surface area contributed by atoms with Gasteiger partial charge in [0, 0.05) is 18.1 Å². The Morgan fingerprint density at radius 1 is 1.26 bits per heavy atom. The van der Waals surface area contributed by atoms with E-state index in [1.807, 2.05) is 18.2 Å². The van der Waals surface area contributed by atoms with Crippen LogP contribution in [-0.4, -0.2) is 16.9 Å². The molecule has 0 spiro atoms. The number of rotatable bonds is 4. The molecule has 4 heteroatoms. The van der Waals surface area contributed by atoms with Crippen molar-refractivity contribution in [3.05, 3.63) is 35.5 Å².